The van der Waals surface area contributed by atoms with Crippen molar-refractivity contribution in [2.45, 2.75) is 25.9 Å². The van der Waals surface area contributed by atoms with E-state index >= 15 is 0 Å². The van der Waals surface area contributed by atoms with Crippen LogP contribution in [0.1, 0.15) is 19.8 Å². The van der Waals surface area contributed by atoms with Crippen molar-refractivity contribution in [3.8, 4) is 0 Å². The van der Waals surface area contributed by atoms with Crippen molar-refractivity contribution in [3.05, 3.63) is 0 Å². The summed E-state index contributed by atoms with van der Waals surface area (Å²) in [5.74, 6) is -0.305. The first-order valence-electron chi connectivity index (χ1n) is 4.04. The van der Waals surface area contributed by atoms with Crippen molar-refractivity contribution in [3.63, 3.8) is 0 Å². The van der Waals surface area contributed by atoms with Crippen LogP contribution in [0.3, 0.4) is 0 Å². The van der Waals surface area contributed by atoms with Gasteiger partial charge in [-0.2, -0.15) is 0 Å². The molecule has 1 fully saturated rings. The third kappa shape index (κ3) is 2.30. The molecule has 4 nitrogen and oxygen atoms in total. The average Bonchev–Trinajstić information content (AvgIpc) is 2.06. The number of hydrogen-bond acceptors (Lipinski definition) is 4. The molecule has 1 rings (SSSR count). The molecule has 0 unspecified atom stereocenters. The summed E-state index contributed by atoms with van der Waals surface area (Å²) in [6.45, 7) is 2.14. The van der Waals surface area contributed by atoms with Crippen LogP contribution < -0.4 is 0 Å². The zero-order chi connectivity index (χ0) is 8.97. The smallest absolute Gasteiger partial charge is 0.335 e. The van der Waals surface area contributed by atoms with Gasteiger partial charge in [-0.1, -0.05) is 0 Å². The van der Waals surface area contributed by atoms with E-state index in [2.05, 4.69) is 0 Å². The van der Waals surface area contributed by atoms with Crippen LogP contribution in [0.4, 0.5) is 0 Å². The first kappa shape index (κ1) is 9.19. The summed E-state index contributed by atoms with van der Waals surface area (Å²) < 4.78 is 9.72. The summed E-state index contributed by atoms with van der Waals surface area (Å²) in [7, 11) is 0. The maximum atomic E-state index is 11.0. The largest absolute Gasteiger partial charge is 0.464 e. The van der Waals surface area contributed by atoms with Crippen LogP contribution in [0.5, 0.6) is 0 Å². The Labute approximate surface area is 70.8 Å². The van der Waals surface area contributed by atoms with E-state index in [4.69, 9.17) is 9.47 Å². The lowest BCUT2D eigenvalue weighted by Gasteiger charge is -2.19. The van der Waals surface area contributed by atoms with Gasteiger partial charge in [0, 0.05) is 6.42 Å². The maximum absolute atomic E-state index is 11.0. The Morgan fingerprint density at radius 3 is 3.00 bits per heavy atom. The predicted octanol–water partition coefficient (Wildman–Crippen LogP) is 0.298. The van der Waals surface area contributed by atoms with Crippen LogP contribution in [0.15, 0.2) is 0 Å². The van der Waals surface area contributed by atoms with Gasteiger partial charge in [0.05, 0.1) is 6.61 Å². The zero-order valence-corrected chi connectivity index (χ0v) is 7.04. The summed E-state index contributed by atoms with van der Waals surface area (Å²) in [4.78, 5) is 21.8. The minimum atomic E-state index is -0.525. The molecule has 0 aromatic rings. The molecular weight excluding hydrogens is 160 g/mol. The molecule has 1 aliphatic heterocycles. The number of carbonyl (C=O) groups is 2. The summed E-state index contributed by atoms with van der Waals surface area (Å²) in [6, 6.07) is 0. The first-order valence-corrected chi connectivity index (χ1v) is 4.04. The Hall–Kier alpha value is -0.900. The van der Waals surface area contributed by atoms with Crippen LogP contribution >= 0.6 is 0 Å². The second-order valence-corrected chi connectivity index (χ2v) is 2.63. The molecule has 0 aromatic heterocycles. The van der Waals surface area contributed by atoms with E-state index in [9.17, 15) is 9.59 Å². The lowest BCUT2D eigenvalue weighted by Crippen LogP contribution is -2.33. The van der Waals surface area contributed by atoms with Gasteiger partial charge in [-0.15, -0.1) is 0 Å². The molecule has 1 heterocycles. The molecule has 0 saturated carbocycles. The third-order valence-corrected chi connectivity index (χ3v) is 1.68. The molecule has 0 N–H and O–H groups in total. The van der Waals surface area contributed by atoms with Crippen molar-refractivity contribution >= 4 is 11.8 Å². The third-order valence-electron chi connectivity index (χ3n) is 1.68. The predicted molar refractivity (Wildman–Crippen MR) is 40.6 cm³/mol. The monoisotopic (exact) mass is 172 g/mol. The van der Waals surface area contributed by atoms with Gasteiger partial charge >= 0.3 is 5.97 Å². The molecular formula is C8H12O4. The van der Waals surface area contributed by atoms with Crippen molar-refractivity contribution in [2.24, 2.45) is 0 Å². The van der Waals surface area contributed by atoms with Gasteiger partial charge in [-0.25, -0.2) is 4.79 Å². The molecule has 68 valence electrons. The summed E-state index contributed by atoms with van der Waals surface area (Å²) in [5.41, 5.74) is 0. The Balaban J connectivity index is 2.33. The zero-order valence-electron chi connectivity index (χ0n) is 7.04. The highest BCUT2D eigenvalue weighted by molar-refractivity contribution is 5.83. The minimum absolute atomic E-state index is 0.0451. The van der Waals surface area contributed by atoms with Gasteiger partial charge in [-0.05, 0) is 13.3 Å². The van der Waals surface area contributed by atoms with Crippen molar-refractivity contribution in [1.82, 2.24) is 0 Å². The van der Waals surface area contributed by atoms with Crippen molar-refractivity contribution in [2.75, 3.05) is 13.2 Å². The van der Waals surface area contributed by atoms with Gasteiger partial charge in [0.1, 0.15) is 6.61 Å². The molecule has 0 aliphatic carbocycles. The topological polar surface area (TPSA) is 52.6 Å². The Morgan fingerprint density at radius 1 is 1.75 bits per heavy atom. The van der Waals surface area contributed by atoms with Gasteiger partial charge in [0.15, 0.2) is 11.9 Å². The highest BCUT2D eigenvalue weighted by Crippen LogP contribution is 2.11. The molecule has 12 heavy (non-hydrogen) atoms. The van der Waals surface area contributed by atoms with Crippen molar-refractivity contribution in [1.29, 1.82) is 0 Å². The standard InChI is InChI=1S/C8H12O4/c1-2-11-8(10)7-4-3-6(9)5-12-7/h7H,2-5H2,1H3/t7-/m0/s1. The molecule has 0 spiro atoms. The second kappa shape index (κ2) is 4.21. The first-order chi connectivity index (χ1) is 5.74. The van der Waals surface area contributed by atoms with E-state index in [1.807, 2.05) is 0 Å². The lowest BCUT2D eigenvalue weighted by molar-refractivity contribution is -0.161. The van der Waals surface area contributed by atoms with Gasteiger partial charge in [0.25, 0.3) is 0 Å². The van der Waals surface area contributed by atoms with Crippen LogP contribution in [0.25, 0.3) is 0 Å². The minimum Gasteiger partial charge on any atom is -0.464 e. The number of rotatable bonds is 2. The normalized spacial score (nSPS) is 23.8. The molecule has 4 heteroatoms. The van der Waals surface area contributed by atoms with E-state index in [0.717, 1.165) is 0 Å². The molecule has 0 aromatic carbocycles. The Morgan fingerprint density at radius 2 is 2.50 bits per heavy atom. The van der Waals surface area contributed by atoms with E-state index < -0.39 is 6.10 Å². The molecule has 1 atom stereocenters. The fourth-order valence-electron chi connectivity index (χ4n) is 1.06. The average molecular weight is 172 g/mol. The Kier molecular flexibility index (Phi) is 3.22. The van der Waals surface area contributed by atoms with E-state index in [-0.39, 0.29) is 18.4 Å². The second-order valence-electron chi connectivity index (χ2n) is 2.63. The fraction of sp³-hybridized carbons (Fsp3) is 0.750. The highest BCUT2D eigenvalue weighted by atomic mass is 16.6. The Bertz CT molecular complexity index is 177. The van der Waals surface area contributed by atoms with E-state index in [0.29, 0.717) is 19.4 Å². The molecule has 1 saturated heterocycles. The van der Waals surface area contributed by atoms with Gasteiger partial charge in [0.2, 0.25) is 0 Å². The van der Waals surface area contributed by atoms with E-state index in [1.54, 1.807) is 6.92 Å². The van der Waals surface area contributed by atoms with Crippen LogP contribution in [0, 0.1) is 0 Å². The van der Waals surface area contributed by atoms with Gasteiger partial charge in [-0.3, -0.25) is 4.79 Å². The van der Waals surface area contributed by atoms with Crippen molar-refractivity contribution < 1.29 is 19.1 Å². The molecule has 0 bridgehead atoms. The SMILES string of the molecule is CCOC(=O)[C@@H]1CCC(=O)CO1. The molecule has 0 radical (unpaired) electrons. The molecule has 0 amide bonds. The fourth-order valence-corrected chi connectivity index (χ4v) is 1.06. The number of ether oxygens (including phenoxy) is 2. The lowest BCUT2D eigenvalue weighted by atomic mass is 10.1. The van der Waals surface area contributed by atoms with Crippen LogP contribution in [-0.4, -0.2) is 31.1 Å². The number of hydrogen-bond donors (Lipinski definition) is 0. The maximum Gasteiger partial charge on any atom is 0.335 e. The summed E-state index contributed by atoms with van der Waals surface area (Å²) >= 11 is 0. The number of Topliss-reactive ketones (excluding diaryl/α,β-unsaturated/α-hetero) is 1. The van der Waals surface area contributed by atoms with Gasteiger partial charge < -0.3 is 9.47 Å². The van der Waals surface area contributed by atoms with E-state index in [1.165, 1.54) is 0 Å². The highest BCUT2D eigenvalue weighted by Gasteiger charge is 2.26. The molecule has 1 aliphatic rings. The van der Waals surface area contributed by atoms with Crippen LogP contribution in [0.2, 0.25) is 0 Å². The summed E-state index contributed by atoms with van der Waals surface area (Å²) in [5, 5.41) is 0. The van der Waals surface area contributed by atoms with Crippen LogP contribution in [-0.2, 0) is 19.1 Å². The number of carbonyl (C=O) groups excluding carboxylic acids is 2. The number of esters is 1. The number of ketones is 1. The quantitative estimate of drug-likeness (QED) is 0.562. The summed E-state index contributed by atoms with van der Waals surface area (Å²) in [6.07, 6.45) is 0.351.